The molecule has 12 rings (SSSR count). The van der Waals surface area contributed by atoms with Gasteiger partial charge in [0.25, 0.3) is 0 Å². The lowest BCUT2D eigenvalue weighted by molar-refractivity contribution is -0.438. The van der Waals surface area contributed by atoms with Crippen molar-refractivity contribution in [1.82, 2.24) is 5.32 Å². The molecule has 2 amide bonds. The summed E-state index contributed by atoms with van der Waals surface area (Å²) in [5.41, 5.74) is -0.280. The Labute approximate surface area is 690 Å². The lowest BCUT2D eigenvalue weighted by atomic mass is 9.44. The number of aliphatic hydroxyl groups is 3. The van der Waals surface area contributed by atoms with Gasteiger partial charge in [-0.3, -0.25) is 19.2 Å². The Morgan fingerprint density at radius 1 is 0.795 bits per heavy atom. The topological polar surface area (TPSA) is 323 Å². The van der Waals surface area contributed by atoms with Crippen LogP contribution >= 0.6 is 11.8 Å². The smallest absolute Gasteiger partial charge is 0.408 e. The maximum Gasteiger partial charge on any atom is 0.408 e. The van der Waals surface area contributed by atoms with Gasteiger partial charge < -0.3 is 63.8 Å². The fourth-order valence-electron chi connectivity index (χ4n) is 18.6. The van der Waals surface area contributed by atoms with Gasteiger partial charge in [0.1, 0.15) is 48.2 Å². The number of amides is 2. The second-order valence-electron chi connectivity index (χ2n) is 34.6. The van der Waals surface area contributed by atoms with Gasteiger partial charge in [0.15, 0.2) is 17.1 Å². The van der Waals surface area contributed by atoms with Crippen LogP contribution in [0.25, 0.3) is 0 Å². The molecule has 5 aromatic rings. The predicted molar refractivity (Wildman–Crippen MR) is 443 cm³/mol. The first-order chi connectivity index (χ1) is 55.2. The third-order valence-corrected chi connectivity index (χ3v) is 26.7. The number of unbranched alkanes of at least 4 members (excludes halogenated alkanes) is 3. The lowest BCUT2D eigenvalue weighted by Crippen LogP contribution is -2.81. The van der Waals surface area contributed by atoms with E-state index in [4.69, 9.17) is 28.4 Å². The molecular weight excluding hydrogens is 1530 g/mol. The second-order valence-corrected chi connectivity index (χ2v) is 37.3. The molecule has 0 radical (unpaired) electrons. The molecule has 0 unspecified atom stereocenters. The number of anilines is 2. The van der Waals surface area contributed by atoms with Gasteiger partial charge in [-0.25, -0.2) is 22.8 Å². The minimum atomic E-state index is -4.38. The Morgan fingerprint density at radius 3 is 2.12 bits per heavy atom. The highest BCUT2D eigenvalue weighted by atomic mass is 32.2. The summed E-state index contributed by atoms with van der Waals surface area (Å²) in [5.74, 6) is -7.84. The number of fused-ring (bicyclic) bond motifs is 7. The monoisotopic (exact) mass is 1640 g/mol. The molecule has 25 heteroatoms. The third-order valence-electron chi connectivity index (χ3n) is 24.7. The molecule has 4 aliphatic carbocycles. The number of ketones is 1. The van der Waals surface area contributed by atoms with Crippen LogP contribution in [-0.2, 0) is 73.3 Å². The summed E-state index contributed by atoms with van der Waals surface area (Å²) in [4.78, 5) is 106. The van der Waals surface area contributed by atoms with Crippen LogP contribution in [0.3, 0.4) is 0 Å². The summed E-state index contributed by atoms with van der Waals surface area (Å²) >= 11 is 1.62. The van der Waals surface area contributed by atoms with Gasteiger partial charge in [0.05, 0.1) is 51.6 Å². The minimum Gasteiger partial charge on any atom is -0.748 e. The second kappa shape index (κ2) is 34.5. The van der Waals surface area contributed by atoms with Crippen molar-refractivity contribution in [3.05, 3.63) is 213 Å². The van der Waals surface area contributed by atoms with Crippen molar-refractivity contribution in [2.75, 3.05) is 35.7 Å². The largest absolute Gasteiger partial charge is 0.748 e. The number of nitrogens with one attached hydrogen (secondary N) is 2. The van der Waals surface area contributed by atoms with E-state index in [2.05, 4.69) is 115 Å². The highest BCUT2D eigenvalue weighted by Crippen LogP contribution is 2.65. The number of aliphatic hydroxyl groups excluding tert-OH is 2. The quantitative estimate of drug-likeness (QED) is 0.00814. The Kier molecular flexibility index (Phi) is 25.7. The van der Waals surface area contributed by atoms with E-state index in [-0.39, 0.29) is 47.1 Å². The van der Waals surface area contributed by atoms with Gasteiger partial charge >= 0.3 is 30.0 Å². The number of Topliss-reactive ketones (excluding diaryl/α,β-unsaturated/α-hetero) is 1. The number of para-hydroxylation sites is 2. The van der Waals surface area contributed by atoms with E-state index in [9.17, 15) is 52.3 Å². The zero-order valence-electron chi connectivity index (χ0n) is 69.0. The van der Waals surface area contributed by atoms with Crippen LogP contribution in [0.5, 0.6) is 0 Å². The molecule has 3 aliphatic heterocycles. The normalized spacial score (nSPS) is 26.2. The number of thioether (sulfide) groups is 1. The van der Waals surface area contributed by atoms with Crippen LogP contribution in [-0.4, -0.2) is 159 Å². The molecule has 5 N–H and O–H groups in total. The average Bonchev–Trinajstić information content (AvgIpc) is 1.50. The van der Waals surface area contributed by atoms with Crippen LogP contribution < -0.4 is 15.5 Å². The molecule has 2 saturated carbocycles. The molecule has 1 saturated heterocycles. The minimum absolute atomic E-state index is 0.0241. The Morgan fingerprint density at radius 2 is 1.46 bits per heavy atom. The number of carbonyl (C=O) groups excluding carboxylic acids is 7. The highest BCUT2D eigenvalue weighted by molar-refractivity contribution is 8.03. The van der Waals surface area contributed by atoms with E-state index < -0.39 is 158 Å². The molecule has 117 heavy (non-hydrogen) atoms. The molecule has 0 aromatic heterocycles. The van der Waals surface area contributed by atoms with Gasteiger partial charge in [-0.15, -0.1) is 0 Å². The van der Waals surface area contributed by atoms with E-state index in [0.29, 0.717) is 18.7 Å². The fraction of sp³-hybridized carbons (Fsp3) is 0.478. The predicted octanol–water partition coefficient (Wildman–Crippen LogP) is 14.5. The standard InChI is InChI=1S/C92H110N4O19S2/c1-14-15-26-50-95-66-38-24-22-36-64(66)87(7,8)69(95)46-40-59-34-29-35-60(41-47-70-88(9,10)65-37-23-25-39-67(65)96(70)51-27-28-52-117(107,108)109)79(59)116-63-44-42-62(43-45-63)93-73(99)48-49-74(100)112-78(76(58-30-18-16-19-31-58)94-85(105)115-86(4,5)6)84(104)111-68-54-92(106)82(113-83(103)61-32-20-17-21-33-61)80-90(13,81(102)77(101)75(56(68)2)89(92,11)12)71(98)53-72-91(80,55-110-72)114-57(3)97/h16-25,30-33,36-47,68,71-72,76-78,80,82,98,101,106H,14-15,26-29,34-35,48-55H2,1-13H3,(H2-,93,94,99,105,107,108,109)/t68-,71-,72+,76-,77+,78+,80-,82-,90+,91-,92+/m0/s1. The number of carbonyl (C=O) groups is 7. The Hall–Kier alpha value is -9.34. The summed E-state index contributed by atoms with van der Waals surface area (Å²) < 4.78 is 74.5. The summed E-state index contributed by atoms with van der Waals surface area (Å²) in [6.07, 6.45) is 1.86. The zero-order valence-corrected chi connectivity index (χ0v) is 70.7. The fourth-order valence-corrected chi connectivity index (χ4v) is 20.2. The SMILES string of the molecule is CCCCC[N+]1=C(C=CC2=C(Sc3ccc(NC(=O)CCC(=O)O[C@@H](C(=O)O[C@H]4C[C@@]5(O)[C@@H](OC(=O)c6ccccc6)[C@@H]6[C@]7(OC(C)=O)CO[C@@H]7C[C@H](O)[C@@]6(C)C(=O)[C@H](O)C(=C4C)C5(C)C)[C@@H](NC(=O)OC(C)(C)C)c4ccccc4)cc3)C(=CC=C3N(CCCCS(=O)(=O)[O-])c4ccccc4C3(C)C)CCC2)C(C)(C)c2ccccc21. The molecule has 3 fully saturated rings. The van der Waals surface area contributed by atoms with Crippen LogP contribution in [0.15, 0.2) is 196 Å². The maximum absolute atomic E-state index is 15.7. The zero-order chi connectivity index (χ0) is 84.5. The van der Waals surface area contributed by atoms with Gasteiger partial charge in [-0.1, -0.05) is 150 Å². The van der Waals surface area contributed by atoms with Crippen molar-refractivity contribution >= 4 is 86.3 Å². The number of alkyl carbamates (subject to hydrolysis) is 1. The number of hydrogen-bond acceptors (Lipinski definition) is 21. The van der Waals surface area contributed by atoms with Crippen molar-refractivity contribution < 1.29 is 94.8 Å². The molecule has 11 atom stereocenters. The first-order valence-corrected chi connectivity index (χ1v) is 43.0. The molecular formula is C92H110N4O19S2. The summed E-state index contributed by atoms with van der Waals surface area (Å²) in [6, 6.07) is 38.5. The summed E-state index contributed by atoms with van der Waals surface area (Å²) in [5, 5.41) is 44.6. The van der Waals surface area contributed by atoms with Crippen LogP contribution in [0.1, 0.15) is 200 Å². The van der Waals surface area contributed by atoms with E-state index in [1.165, 1.54) is 56.8 Å². The van der Waals surface area contributed by atoms with Crippen LogP contribution in [0, 0.1) is 16.7 Å². The van der Waals surface area contributed by atoms with Crippen molar-refractivity contribution in [1.29, 1.82) is 0 Å². The first kappa shape index (κ1) is 87.0. The first-order valence-electron chi connectivity index (χ1n) is 40.6. The molecule has 2 bridgehead atoms. The van der Waals surface area contributed by atoms with Crippen LogP contribution in [0.4, 0.5) is 21.9 Å². The number of rotatable bonds is 27. The molecule has 5 aromatic carbocycles. The average molecular weight is 1640 g/mol. The maximum atomic E-state index is 15.7. The number of nitrogens with zero attached hydrogens (tertiary/aromatic N) is 2. The van der Waals surface area contributed by atoms with E-state index in [1.807, 2.05) is 24.3 Å². The summed E-state index contributed by atoms with van der Waals surface area (Å²) in [7, 11) is -4.38. The van der Waals surface area contributed by atoms with Gasteiger partial charge in [0, 0.05) is 100 Å². The van der Waals surface area contributed by atoms with Crippen LogP contribution in [0.2, 0.25) is 0 Å². The number of allylic oxidation sites excluding steroid dienone is 7. The molecule has 624 valence electrons. The number of esters is 4. The Balaban J connectivity index is 0.833. The molecule has 3 heterocycles. The summed E-state index contributed by atoms with van der Waals surface area (Å²) in [6.45, 7) is 24.1. The van der Waals surface area contributed by atoms with E-state index in [0.717, 1.165) is 89.9 Å². The van der Waals surface area contributed by atoms with Crippen molar-refractivity contribution in [2.45, 2.75) is 242 Å². The molecule has 23 nitrogen and oxygen atoms in total. The van der Waals surface area contributed by atoms with Crippen molar-refractivity contribution in [3.8, 4) is 0 Å². The number of hydrogen-bond donors (Lipinski definition) is 5. The number of ether oxygens (including phenoxy) is 6. The lowest BCUT2D eigenvalue weighted by Gasteiger charge is -2.67. The van der Waals surface area contributed by atoms with E-state index >= 15 is 9.59 Å². The molecule has 7 aliphatic rings. The van der Waals surface area contributed by atoms with Crippen molar-refractivity contribution in [3.63, 3.8) is 0 Å². The Bertz CT molecular complexity index is 4960. The van der Waals surface area contributed by atoms with E-state index in [1.54, 1.807) is 93.2 Å². The van der Waals surface area contributed by atoms with Gasteiger partial charge in [-0.05, 0) is 169 Å². The molecule has 0 spiro atoms. The van der Waals surface area contributed by atoms with Gasteiger partial charge in [-0.2, -0.15) is 4.58 Å². The van der Waals surface area contributed by atoms with Gasteiger partial charge in [0.2, 0.25) is 17.7 Å². The third kappa shape index (κ3) is 17.7. The number of benzene rings is 5. The van der Waals surface area contributed by atoms with Crippen molar-refractivity contribution in [2.24, 2.45) is 16.7 Å². The highest BCUT2D eigenvalue weighted by Gasteiger charge is 2.78.